The Morgan fingerprint density at radius 3 is 2.62 bits per heavy atom. The Bertz CT molecular complexity index is 589. The maximum absolute atomic E-state index is 12.5. The lowest BCUT2D eigenvalue weighted by Gasteiger charge is -2.15. The molecular formula is C16H25F2IN4O3. The lowest BCUT2D eigenvalue weighted by Crippen LogP contribution is -2.43. The molecule has 0 unspecified atom stereocenters. The van der Waals surface area contributed by atoms with E-state index < -0.39 is 6.61 Å². The molecule has 0 radical (unpaired) electrons. The monoisotopic (exact) mass is 486 g/mol. The number of alkyl halides is 2. The molecule has 10 heteroatoms. The van der Waals surface area contributed by atoms with Crippen LogP contribution >= 0.6 is 24.0 Å². The average Bonchev–Trinajstić information content (AvgIpc) is 2.57. The SMILES string of the molecule is CN=C(NCC(=O)NCCOC)NCc1cc(C)ccc1OC(F)F.I. The van der Waals surface area contributed by atoms with Crippen molar-refractivity contribution in [3.8, 4) is 5.75 Å². The molecule has 0 heterocycles. The number of nitrogens with one attached hydrogen (secondary N) is 3. The second kappa shape index (κ2) is 13.5. The highest BCUT2D eigenvalue weighted by atomic mass is 127. The van der Waals surface area contributed by atoms with Crippen molar-refractivity contribution in [3.63, 3.8) is 0 Å². The van der Waals surface area contributed by atoms with E-state index in [0.29, 0.717) is 24.7 Å². The van der Waals surface area contributed by atoms with Gasteiger partial charge in [0.25, 0.3) is 0 Å². The fourth-order valence-electron chi connectivity index (χ4n) is 1.98. The molecule has 0 aliphatic rings. The van der Waals surface area contributed by atoms with Gasteiger partial charge in [0, 0.05) is 32.8 Å². The molecule has 0 spiro atoms. The maximum Gasteiger partial charge on any atom is 0.387 e. The van der Waals surface area contributed by atoms with Crippen molar-refractivity contribution in [2.24, 2.45) is 4.99 Å². The zero-order chi connectivity index (χ0) is 18.7. The van der Waals surface area contributed by atoms with Gasteiger partial charge in [-0.2, -0.15) is 8.78 Å². The highest BCUT2D eigenvalue weighted by Crippen LogP contribution is 2.21. The van der Waals surface area contributed by atoms with Gasteiger partial charge in [0.05, 0.1) is 13.2 Å². The van der Waals surface area contributed by atoms with Crippen molar-refractivity contribution in [2.75, 3.05) is 33.9 Å². The predicted molar refractivity (Wildman–Crippen MR) is 106 cm³/mol. The molecule has 26 heavy (non-hydrogen) atoms. The van der Waals surface area contributed by atoms with Gasteiger partial charge < -0.3 is 25.4 Å². The number of ether oxygens (including phenoxy) is 2. The summed E-state index contributed by atoms with van der Waals surface area (Å²) in [6, 6.07) is 4.94. The van der Waals surface area contributed by atoms with Crippen molar-refractivity contribution >= 4 is 35.8 Å². The van der Waals surface area contributed by atoms with Crippen LogP contribution in [0.25, 0.3) is 0 Å². The quantitative estimate of drug-likeness (QED) is 0.214. The zero-order valence-corrected chi connectivity index (χ0v) is 17.3. The minimum absolute atomic E-state index is 0. The molecule has 1 rings (SSSR count). The molecule has 1 amide bonds. The molecule has 3 N–H and O–H groups in total. The van der Waals surface area contributed by atoms with E-state index in [9.17, 15) is 13.6 Å². The van der Waals surface area contributed by atoms with E-state index in [1.807, 2.05) is 6.92 Å². The first-order chi connectivity index (χ1) is 12.0. The van der Waals surface area contributed by atoms with Gasteiger partial charge in [-0.15, -0.1) is 24.0 Å². The first-order valence-electron chi connectivity index (χ1n) is 7.70. The lowest BCUT2D eigenvalue weighted by molar-refractivity contribution is -0.120. The van der Waals surface area contributed by atoms with E-state index >= 15 is 0 Å². The predicted octanol–water partition coefficient (Wildman–Crippen LogP) is 1.64. The van der Waals surface area contributed by atoms with Crippen LogP contribution in [0.2, 0.25) is 0 Å². The molecule has 0 aliphatic heterocycles. The zero-order valence-electron chi connectivity index (χ0n) is 15.0. The number of halogens is 3. The molecule has 0 aliphatic carbocycles. The van der Waals surface area contributed by atoms with Gasteiger partial charge in [0.1, 0.15) is 5.75 Å². The average molecular weight is 486 g/mol. The molecule has 0 atom stereocenters. The minimum atomic E-state index is -2.89. The summed E-state index contributed by atoms with van der Waals surface area (Å²) < 4.78 is 34.3. The number of aryl methyl sites for hydroxylation is 1. The van der Waals surface area contributed by atoms with Crippen LogP contribution in [0.5, 0.6) is 5.75 Å². The topological polar surface area (TPSA) is 84.0 Å². The summed E-state index contributed by atoms with van der Waals surface area (Å²) in [6.45, 7) is 0.0497. The fraction of sp³-hybridized carbons (Fsp3) is 0.500. The number of aliphatic imine (C=N–C) groups is 1. The van der Waals surface area contributed by atoms with E-state index in [-0.39, 0.29) is 48.7 Å². The van der Waals surface area contributed by atoms with Gasteiger partial charge in [-0.25, -0.2) is 0 Å². The Morgan fingerprint density at radius 2 is 2.00 bits per heavy atom. The van der Waals surface area contributed by atoms with Gasteiger partial charge in [0.15, 0.2) is 5.96 Å². The summed E-state index contributed by atoms with van der Waals surface area (Å²) in [4.78, 5) is 15.6. The van der Waals surface area contributed by atoms with E-state index in [2.05, 4.69) is 25.7 Å². The standard InChI is InChI=1S/C16H24F2N4O3.HI/c1-11-4-5-13(25-15(17)18)12(8-11)9-21-16(19-2)22-10-14(23)20-6-7-24-3;/h4-5,8,15H,6-7,9-10H2,1-3H3,(H,20,23)(H2,19,21,22);1H. The van der Waals surface area contributed by atoms with Crippen LogP contribution in [0.1, 0.15) is 11.1 Å². The number of benzene rings is 1. The third kappa shape index (κ3) is 9.70. The maximum atomic E-state index is 12.5. The first kappa shape index (κ1) is 24.3. The van der Waals surface area contributed by atoms with Crippen LogP contribution in [-0.2, 0) is 16.1 Å². The Balaban J connectivity index is 0.00000625. The van der Waals surface area contributed by atoms with Gasteiger partial charge in [-0.05, 0) is 13.0 Å². The molecule has 0 saturated heterocycles. The molecule has 0 fully saturated rings. The fourth-order valence-corrected chi connectivity index (χ4v) is 1.98. The van der Waals surface area contributed by atoms with Crippen LogP contribution in [0, 0.1) is 6.92 Å². The Morgan fingerprint density at radius 1 is 1.27 bits per heavy atom. The van der Waals surface area contributed by atoms with Crippen LogP contribution < -0.4 is 20.7 Å². The van der Waals surface area contributed by atoms with E-state index in [1.54, 1.807) is 26.3 Å². The number of nitrogens with zero attached hydrogens (tertiary/aromatic N) is 1. The van der Waals surface area contributed by atoms with Crippen molar-refractivity contribution in [1.82, 2.24) is 16.0 Å². The summed E-state index contributed by atoms with van der Waals surface area (Å²) in [5.41, 5.74) is 1.48. The number of guanidine groups is 1. The summed E-state index contributed by atoms with van der Waals surface area (Å²) in [6.07, 6.45) is 0. The molecule has 1 aromatic rings. The Labute approximate surface area is 168 Å². The smallest absolute Gasteiger partial charge is 0.387 e. The summed E-state index contributed by atoms with van der Waals surface area (Å²) in [5.74, 6) is 0.254. The van der Waals surface area contributed by atoms with Crippen LogP contribution in [-0.4, -0.2) is 52.3 Å². The van der Waals surface area contributed by atoms with Crippen LogP contribution in [0.4, 0.5) is 8.78 Å². The van der Waals surface area contributed by atoms with E-state index in [1.165, 1.54) is 6.07 Å². The summed E-state index contributed by atoms with van der Waals surface area (Å²) in [7, 11) is 3.10. The number of carbonyl (C=O) groups excluding carboxylic acids is 1. The van der Waals surface area contributed by atoms with Crippen molar-refractivity contribution < 1.29 is 23.0 Å². The van der Waals surface area contributed by atoms with Crippen LogP contribution in [0.15, 0.2) is 23.2 Å². The number of carbonyl (C=O) groups is 1. The van der Waals surface area contributed by atoms with Gasteiger partial charge in [0.2, 0.25) is 5.91 Å². The van der Waals surface area contributed by atoms with Gasteiger partial charge >= 0.3 is 6.61 Å². The van der Waals surface area contributed by atoms with Gasteiger partial charge in [-0.1, -0.05) is 17.7 Å². The highest BCUT2D eigenvalue weighted by Gasteiger charge is 2.11. The van der Waals surface area contributed by atoms with Gasteiger partial charge in [-0.3, -0.25) is 9.79 Å². The number of rotatable bonds is 9. The van der Waals surface area contributed by atoms with E-state index in [0.717, 1.165) is 5.56 Å². The van der Waals surface area contributed by atoms with Crippen molar-refractivity contribution in [2.45, 2.75) is 20.1 Å². The number of hydrogen-bond donors (Lipinski definition) is 3. The van der Waals surface area contributed by atoms with E-state index in [4.69, 9.17) is 4.74 Å². The Kier molecular flexibility index (Phi) is 12.6. The molecule has 0 aromatic heterocycles. The molecule has 0 bridgehead atoms. The van der Waals surface area contributed by atoms with Crippen molar-refractivity contribution in [1.29, 1.82) is 0 Å². The number of hydrogen-bond acceptors (Lipinski definition) is 4. The minimum Gasteiger partial charge on any atom is -0.434 e. The first-order valence-corrected chi connectivity index (χ1v) is 7.70. The van der Waals surface area contributed by atoms with Crippen LogP contribution in [0.3, 0.4) is 0 Å². The number of amides is 1. The largest absolute Gasteiger partial charge is 0.434 e. The third-order valence-electron chi connectivity index (χ3n) is 3.15. The number of methoxy groups -OCH3 is 1. The third-order valence-corrected chi connectivity index (χ3v) is 3.15. The second-order valence-electron chi connectivity index (χ2n) is 5.11. The van der Waals surface area contributed by atoms with Crippen molar-refractivity contribution in [3.05, 3.63) is 29.3 Å². The normalized spacial score (nSPS) is 10.9. The molecule has 7 nitrogen and oxygen atoms in total. The second-order valence-corrected chi connectivity index (χ2v) is 5.11. The Hall–Kier alpha value is -1.69. The molecule has 148 valence electrons. The molecule has 0 saturated carbocycles. The molecule has 1 aromatic carbocycles. The summed E-state index contributed by atoms with van der Waals surface area (Å²) >= 11 is 0. The molecular weight excluding hydrogens is 461 g/mol. The lowest BCUT2D eigenvalue weighted by atomic mass is 10.1. The highest BCUT2D eigenvalue weighted by molar-refractivity contribution is 14.0. The summed E-state index contributed by atoms with van der Waals surface area (Å²) in [5, 5.41) is 8.46.